The Morgan fingerprint density at radius 1 is 1.08 bits per heavy atom. The van der Waals surface area contributed by atoms with Crippen molar-refractivity contribution in [3.63, 3.8) is 0 Å². The van der Waals surface area contributed by atoms with Crippen LogP contribution in [0.25, 0.3) is 11.3 Å². The van der Waals surface area contributed by atoms with Crippen molar-refractivity contribution in [2.75, 3.05) is 0 Å². The molecule has 5 nitrogen and oxygen atoms in total. The fourth-order valence-electron chi connectivity index (χ4n) is 1.93. The zero-order chi connectivity index (χ0) is 20.1. The lowest BCUT2D eigenvalue weighted by molar-refractivity contribution is -0.137. The molecule has 0 unspecified atom stereocenters. The van der Waals surface area contributed by atoms with Crippen molar-refractivity contribution in [3.05, 3.63) is 33.4 Å². The van der Waals surface area contributed by atoms with E-state index < -0.39 is 59.0 Å². The molecule has 1 N–H and O–H groups in total. The van der Waals surface area contributed by atoms with Gasteiger partial charge in [0.15, 0.2) is 5.69 Å². The zero-order valence-electron chi connectivity index (χ0n) is 11.8. The van der Waals surface area contributed by atoms with Crippen LogP contribution in [0.15, 0.2) is 17.0 Å². The largest absolute Gasteiger partial charge is 0.502 e. The second-order valence-electron chi connectivity index (χ2n) is 4.65. The van der Waals surface area contributed by atoms with Crippen LogP contribution in [0, 0.1) is 11.3 Å². The lowest BCUT2D eigenvalue weighted by atomic mass is 10.1. The van der Waals surface area contributed by atoms with Crippen LogP contribution in [0.2, 0.25) is 10.0 Å². The Kier molecular flexibility index (Phi) is 4.95. The van der Waals surface area contributed by atoms with Gasteiger partial charge in [-0.1, -0.05) is 23.2 Å². The van der Waals surface area contributed by atoms with E-state index in [4.69, 9.17) is 28.5 Å². The van der Waals surface area contributed by atoms with Gasteiger partial charge in [0.05, 0.1) is 21.3 Å². The molecule has 0 amide bonds. The fourth-order valence-corrected chi connectivity index (χ4v) is 3.60. The first kappa shape index (κ1) is 20.3. The number of H-pyrrole nitrogens is 1. The molecule has 2 rings (SSSR count). The van der Waals surface area contributed by atoms with Crippen LogP contribution >= 0.6 is 23.2 Å². The average molecular weight is 438 g/mol. The average Bonchev–Trinajstić information content (AvgIpc) is 2.88. The molecule has 2 aromatic rings. The summed E-state index contributed by atoms with van der Waals surface area (Å²) in [5, 5.41) is 12.2. The van der Waals surface area contributed by atoms with E-state index in [9.17, 15) is 34.8 Å². The van der Waals surface area contributed by atoms with Gasteiger partial charge in [0.25, 0.3) is 9.84 Å². The normalized spacial score (nSPS) is 12.9. The molecule has 14 heteroatoms. The standard InChI is InChI=1S/C12H3Cl2F6N3O2S/c13-5-1-4(11(15,16)17)2-6(14)8(5)9-10(7(3-21)22-23-9)26(24,25)12(18,19)20/h1-2H,(H,22,23). The number of nitriles is 1. The van der Waals surface area contributed by atoms with Crippen LogP contribution in [0.1, 0.15) is 11.3 Å². The molecule has 0 aliphatic carbocycles. The third kappa shape index (κ3) is 3.34. The molecule has 0 spiro atoms. The van der Waals surface area contributed by atoms with E-state index in [0.717, 1.165) is 6.07 Å². The van der Waals surface area contributed by atoms with Crippen molar-refractivity contribution in [1.82, 2.24) is 10.2 Å². The Bertz CT molecular complexity index is 998. The lowest BCUT2D eigenvalue weighted by Crippen LogP contribution is -2.24. The molecule has 1 heterocycles. The summed E-state index contributed by atoms with van der Waals surface area (Å²) >= 11 is 11.3. The number of halogens is 8. The minimum absolute atomic E-state index is 0.347. The highest BCUT2D eigenvalue weighted by Gasteiger charge is 2.50. The number of benzene rings is 1. The van der Waals surface area contributed by atoms with Crippen LogP contribution in [0.4, 0.5) is 26.3 Å². The highest BCUT2D eigenvalue weighted by atomic mass is 35.5. The van der Waals surface area contributed by atoms with Gasteiger partial charge in [-0.2, -0.15) is 36.7 Å². The van der Waals surface area contributed by atoms with Crippen molar-refractivity contribution in [1.29, 1.82) is 5.26 Å². The predicted octanol–water partition coefficient (Wildman–Crippen LogP) is 4.57. The molecule has 0 aliphatic rings. The smallest absolute Gasteiger partial charge is 0.275 e. The predicted molar refractivity (Wildman–Crippen MR) is 77.0 cm³/mol. The second-order valence-corrected chi connectivity index (χ2v) is 7.34. The molecule has 0 bridgehead atoms. The van der Waals surface area contributed by atoms with E-state index in [1.807, 2.05) is 5.10 Å². The Morgan fingerprint density at radius 2 is 1.58 bits per heavy atom. The number of nitrogens with one attached hydrogen (secondary N) is 1. The van der Waals surface area contributed by atoms with E-state index in [1.54, 1.807) is 0 Å². The van der Waals surface area contributed by atoms with Gasteiger partial charge >= 0.3 is 11.7 Å². The molecule has 140 valence electrons. The number of hydrogen-bond acceptors (Lipinski definition) is 4. The Hall–Kier alpha value is -1.97. The van der Waals surface area contributed by atoms with Crippen LogP contribution in [-0.4, -0.2) is 24.1 Å². The van der Waals surface area contributed by atoms with Crippen molar-refractivity contribution in [3.8, 4) is 17.3 Å². The summed E-state index contributed by atoms with van der Waals surface area (Å²) in [5.41, 5.74) is -9.90. The van der Waals surface area contributed by atoms with E-state index in [-0.39, 0.29) is 0 Å². The highest BCUT2D eigenvalue weighted by molar-refractivity contribution is 7.92. The van der Waals surface area contributed by atoms with Gasteiger partial charge in [-0.15, -0.1) is 0 Å². The first-order valence-electron chi connectivity index (χ1n) is 6.08. The molecule has 0 fully saturated rings. The van der Waals surface area contributed by atoms with E-state index in [0.29, 0.717) is 12.1 Å². The lowest BCUT2D eigenvalue weighted by Gasteiger charge is -2.13. The van der Waals surface area contributed by atoms with Crippen LogP contribution in [-0.2, 0) is 16.0 Å². The van der Waals surface area contributed by atoms with Crippen molar-refractivity contribution >= 4 is 33.0 Å². The van der Waals surface area contributed by atoms with Gasteiger partial charge in [0.1, 0.15) is 11.0 Å². The highest BCUT2D eigenvalue weighted by Crippen LogP contribution is 2.44. The van der Waals surface area contributed by atoms with Gasteiger partial charge in [-0.25, -0.2) is 8.42 Å². The molecule has 0 atom stereocenters. The van der Waals surface area contributed by atoms with Gasteiger partial charge in [0, 0.05) is 5.56 Å². The molecule has 0 aliphatic heterocycles. The van der Waals surface area contributed by atoms with Crippen molar-refractivity contribution in [2.24, 2.45) is 0 Å². The maximum Gasteiger partial charge on any atom is 0.502 e. The van der Waals surface area contributed by atoms with Gasteiger partial charge < -0.3 is 0 Å². The molecule has 0 saturated heterocycles. The van der Waals surface area contributed by atoms with Gasteiger partial charge in [-0.05, 0) is 12.1 Å². The molecule has 0 radical (unpaired) electrons. The summed E-state index contributed by atoms with van der Waals surface area (Å²) in [5.74, 6) is 0. The van der Waals surface area contributed by atoms with E-state index in [1.165, 1.54) is 0 Å². The second kappa shape index (κ2) is 6.33. The number of hydrogen-bond donors (Lipinski definition) is 1. The first-order valence-corrected chi connectivity index (χ1v) is 8.32. The van der Waals surface area contributed by atoms with Crippen molar-refractivity contribution in [2.45, 2.75) is 16.6 Å². The number of nitrogens with zero attached hydrogens (tertiary/aromatic N) is 2. The van der Waals surface area contributed by atoms with E-state index >= 15 is 0 Å². The van der Waals surface area contributed by atoms with Crippen LogP contribution < -0.4 is 0 Å². The summed E-state index contributed by atoms with van der Waals surface area (Å²) < 4.78 is 100. The summed E-state index contributed by atoms with van der Waals surface area (Å²) in [6, 6.07) is 1.84. The van der Waals surface area contributed by atoms with Crippen molar-refractivity contribution < 1.29 is 34.8 Å². The number of alkyl halides is 6. The topological polar surface area (TPSA) is 86.6 Å². The van der Waals surface area contributed by atoms with Crippen LogP contribution in [0.3, 0.4) is 0 Å². The minimum Gasteiger partial charge on any atom is -0.275 e. The summed E-state index contributed by atoms with van der Waals surface area (Å²) in [6.45, 7) is 0. The monoisotopic (exact) mass is 437 g/mol. The Labute approximate surface area is 151 Å². The summed E-state index contributed by atoms with van der Waals surface area (Å²) in [4.78, 5) is -1.59. The molecular weight excluding hydrogens is 435 g/mol. The SMILES string of the molecule is N#Cc1n[nH]c(-c2c(Cl)cc(C(F)(F)F)cc2Cl)c1S(=O)(=O)C(F)(F)F. The summed E-state index contributed by atoms with van der Waals surface area (Å²) in [7, 11) is -6.08. The minimum atomic E-state index is -6.08. The third-order valence-electron chi connectivity index (χ3n) is 3.02. The fraction of sp³-hybridized carbons (Fsp3) is 0.167. The molecule has 1 aromatic carbocycles. The zero-order valence-corrected chi connectivity index (χ0v) is 14.1. The Balaban J connectivity index is 2.86. The van der Waals surface area contributed by atoms with Gasteiger partial charge in [0.2, 0.25) is 0 Å². The van der Waals surface area contributed by atoms with E-state index in [2.05, 4.69) is 5.10 Å². The third-order valence-corrected chi connectivity index (χ3v) is 5.16. The first-order chi connectivity index (χ1) is 11.7. The number of aromatic nitrogens is 2. The number of sulfone groups is 1. The number of aromatic amines is 1. The maximum absolute atomic E-state index is 12.9. The van der Waals surface area contributed by atoms with Gasteiger partial charge in [-0.3, -0.25) is 5.10 Å². The Morgan fingerprint density at radius 3 is 1.96 bits per heavy atom. The molecule has 26 heavy (non-hydrogen) atoms. The van der Waals surface area contributed by atoms with Crippen LogP contribution in [0.5, 0.6) is 0 Å². The molecular formula is C12H3Cl2F6N3O2S. The summed E-state index contributed by atoms with van der Waals surface area (Å²) in [6.07, 6.45) is -4.86. The quantitative estimate of drug-likeness (QED) is 0.697. The molecule has 0 saturated carbocycles. The molecule has 1 aromatic heterocycles. The maximum atomic E-state index is 12.9. The number of rotatable bonds is 2.